The van der Waals surface area contributed by atoms with E-state index in [9.17, 15) is 9.18 Å². The molecule has 1 N–H and O–H groups in total. The van der Waals surface area contributed by atoms with Crippen LogP contribution in [0.5, 0.6) is 0 Å². The number of hydrogen-bond acceptors (Lipinski definition) is 3. The van der Waals surface area contributed by atoms with Crippen LogP contribution in [0.25, 0.3) is 0 Å². The molecular weight excluding hydrogens is 293 g/mol. The van der Waals surface area contributed by atoms with E-state index in [4.69, 9.17) is 0 Å². The molecule has 2 aliphatic rings. The topological polar surface area (TPSA) is 35.6 Å². The lowest BCUT2D eigenvalue weighted by Crippen LogP contribution is -2.47. The highest BCUT2D eigenvalue weighted by molar-refractivity contribution is 5.76. The molecule has 0 radical (unpaired) electrons. The maximum atomic E-state index is 13.0. The largest absolute Gasteiger partial charge is 0.340 e. The Balaban J connectivity index is 1.48. The van der Waals surface area contributed by atoms with Gasteiger partial charge in [0.1, 0.15) is 5.82 Å². The zero-order chi connectivity index (χ0) is 16.1. The second-order valence-electron chi connectivity index (χ2n) is 6.54. The molecule has 1 aromatic carbocycles. The van der Waals surface area contributed by atoms with E-state index in [-0.39, 0.29) is 11.7 Å². The van der Waals surface area contributed by atoms with Gasteiger partial charge in [-0.15, -0.1) is 0 Å². The second kappa shape index (κ2) is 7.88. The van der Waals surface area contributed by atoms with Crippen LogP contribution in [0.4, 0.5) is 4.39 Å². The van der Waals surface area contributed by atoms with E-state index in [0.29, 0.717) is 12.5 Å². The molecule has 0 spiro atoms. The summed E-state index contributed by atoms with van der Waals surface area (Å²) in [5, 5.41) is 3.27. The number of hydrogen-bond donors (Lipinski definition) is 1. The van der Waals surface area contributed by atoms with E-state index in [0.717, 1.165) is 45.7 Å². The van der Waals surface area contributed by atoms with Crippen molar-refractivity contribution in [1.82, 2.24) is 15.1 Å². The summed E-state index contributed by atoms with van der Waals surface area (Å²) in [6.07, 6.45) is 3.91. The van der Waals surface area contributed by atoms with Gasteiger partial charge in [0.15, 0.2) is 0 Å². The van der Waals surface area contributed by atoms with Gasteiger partial charge in [-0.2, -0.15) is 0 Å². The van der Waals surface area contributed by atoms with Crippen LogP contribution in [0.3, 0.4) is 0 Å². The van der Waals surface area contributed by atoms with Gasteiger partial charge in [-0.3, -0.25) is 9.69 Å². The molecule has 5 heteroatoms. The molecule has 2 heterocycles. The highest BCUT2D eigenvalue weighted by Gasteiger charge is 2.26. The minimum Gasteiger partial charge on any atom is -0.340 e. The fraction of sp³-hybridized carbons (Fsp3) is 0.611. The molecule has 1 aromatic rings. The van der Waals surface area contributed by atoms with Gasteiger partial charge in [0, 0.05) is 45.2 Å². The highest BCUT2D eigenvalue weighted by atomic mass is 19.1. The maximum Gasteiger partial charge on any atom is 0.223 e. The van der Waals surface area contributed by atoms with Crippen LogP contribution in [0.15, 0.2) is 24.3 Å². The molecule has 126 valence electrons. The molecule has 0 saturated carbocycles. The number of nitrogens with one attached hydrogen (secondary N) is 1. The summed E-state index contributed by atoms with van der Waals surface area (Å²) in [7, 11) is 0. The first-order chi connectivity index (χ1) is 11.2. The number of carbonyl (C=O) groups is 1. The summed E-state index contributed by atoms with van der Waals surface area (Å²) in [6.45, 7) is 5.39. The van der Waals surface area contributed by atoms with Crippen LogP contribution in [-0.4, -0.2) is 61.0 Å². The lowest BCUT2D eigenvalue weighted by molar-refractivity contribution is -0.132. The van der Waals surface area contributed by atoms with E-state index in [1.165, 1.54) is 30.5 Å². The average Bonchev–Trinajstić information content (AvgIpc) is 3.02. The lowest BCUT2D eigenvalue weighted by atomic mass is 10.0. The predicted molar refractivity (Wildman–Crippen MR) is 88.8 cm³/mol. The first-order valence-corrected chi connectivity index (χ1v) is 8.69. The Bertz CT molecular complexity index is 514. The van der Waals surface area contributed by atoms with Crippen molar-refractivity contribution in [2.45, 2.75) is 31.7 Å². The van der Waals surface area contributed by atoms with Crippen LogP contribution < -0.4 is 5.32 Å². The fourth-order valence-corrected chi connectivity index (χ4v) is 3.62. The van der Waals surface area contributed by atoms with Gasteiger partial charge in [0.2, 0.25) is 5.91 Å². The van der Waals surface area contributed by atoms with Crippen molar-refractivity contribution < 1.29 is 9.18 Å². The normalized spacial score (nSPS) is 22.5. The zero-order valence-electron chi connectivity index (χ0n) is 13.6. The van der Waals surface area contributed by atoms with E-state index in [1.807, 2.05) is 17.0 Å². The van der Waals surface area contributed by atoms with Gasteiger partial charge in [0.25, 0.3) is 0 Å². The van der Waals surface area contributed by atoms with Gasteiger partial charge in [-0.1, -0.05) is 12.1 Å². The number of piperazine rings is 1. The fourth-order valence-electron chi connectivity index (χ4n) is 3.62. The third kappa shape index (κ3) is 4.52. The molecule has 1 amide bonds. The standard InChI is InChI=1S/C18H26FN3O/c19-16-5-3-15(4-6-16)14-17-2-1-10-21(17)11-7-18(23)22-12-8-20-9-13-22/h3-6,17,20H,1-2,7-14H2. The van der Waals surface area contributed by atoms with E-state index in [2.05, 4.69) is 10.2 Å². The Morgan fingerprint density at radius 3 is 2.65 bits per heavy atom. The zero-order valence-corrected chi connectivity index (χ0v) is 13.6. The van der Waals surface area contributed by atoms with Crippen LogP contribution in [0, 0.1) is 5.82 Å². The predicted octanol–water partition coefficient (Wildman–Crippen LogP) is 1.65. The van der Waals surface area contributed by atoms with E-state index >= 15 is 0 Å². The third-order valence-electron chi connectivity index (χ3n) is 4.97. The molecule has 2 saturated heterocycles. The number of rotatable bonds is 5. The van der Waals surface area contributed by atoms with Crippen molar-refractivity contribution in [1.29, 1.82) is 0 Å². The van der Waals surface area contributed by atoms with Gasteiger partial charge >= 0.3 is 0 Å². The van der Waals surface area contributed by atoms with Gasteiger partial charge in [-0.25, -0.2) is 4.39 Å². The second-order valence-corrected chi connectivity index (χ2v) is 6.54. The van der Waals surface area contributed by atoms with Crippen molar-refractivity contribution >= 4 is 5.91 Å². The molecular formula is C18H26FN3O. The Morgan fingerprint density at radius 2 is 1.91 bits per heavy atom. The Kier molecular flexibility index (Phi) is 5.62. The van der Waals surface area contributed by atoms with Crippen molar-refractivity contribution in [3.63, 3.8) is 0 Å². The first-order valence-electron chi connectivity index (χ1n) is 8.69. The summed E-state index contributed by atoms with van der Waals surface area (Å²) in [5.74, 6) is 0.0950. The number of halogens is 1. The Hall–Kier alpha value is -1.46. The Morgan fingerprint density at radius 1 is 1.17 bits per heavy atom. The monoisotopic (exact) mass is 319 g/mol. The molecule has 2 fully saturated rings. The molecule has 4 nitrogen and oxygen atoms in total. The summed E-state index contributed by atoms with van der Waals surface area (Å²) >= 11 is 0. The van der Waals surface area contributed by atoms with Crippen LogP contribution in [-0.2, 0) is 11.2 Å². The van der Waals surface area contributed by atoms with Crippen LogP contribution in [0.1, 0.15) is 24.8 Å². The van der Waals surface area contributed by atoms with Gasteiger partial charge < -0.3 is 10.2 Å². The number of likely N-dealkylation sites (tertiary alicyclic amines) is 1. The van der Waals surface area contributed by atoms with Crippen LogP contribution >= 0.6 is 0 Å². The SMILES string of the molecule is O=C(CCN1CCCC1Cc1ccc(F)cc1)N1CCNCC1. The number of amides is 1. The maximum absolute atomic E-state index is 13.0. The first kappa shape index (κ1) is 16.4. The summed E-state index contributed by atoms with van der Waals surface area (Å²) < 4.78 is 13.0. The molecule has 0 bridgehead atoms. The minimum atomic E-state index is -0.182. The third-order valence-corrected chi connectivity index (χ3v) is 4.97. The average molecular weight is 319 g/mol. The highest BCUT2D eigenvalue weighted by Crippen LogP contribution is 2.21. The van der Waals surface area contributed by atoms with E-state index < -0.39 is 0 Å². The molecule has 1 atom stereocenters. The molecule has 2 aliphatic heterocycles. The summed E-state index contributed by atoms with van der Waals surface area (Å²) in [5.41, 5.74) is 1.18. The van der Waals surface area contributed by atoms with Gasteiger partial charge in [0.05, 0.1) is 0 Å². The molecule has 1 unspecified atom stereocenters. The van der Waals surface area contributed by atoms with Crippen molar-refractivity contribution in [3.05, 3.63) is 35.6 Å². The Labute approximate surface area is 137 Å². The minimum absolute atomic E-state index is 0.182. The van der Waals surface area contributed by atoms with Crippen LogP contribution in [0.2, 0.25) is 0 Å². The van der Waals surface area contributed by atoms with Crippen molar-refractivity contribution in [3.8, 4) is 0 Å². The number of nitrogens with zero attached hydrogens (tertiary/aromatic N) is 2. The molecule has 0 aliphatic carbocycles. The van der Waals surface area contributed by atoms with Gasteiger partial charge in [-0.05, 0) is 43.5 Å². The lowest BCUT2D eigenvalue weighted by Gasteiger charge is -2.29. The molecule has 3 rings (SSSR count). The molecule has 0 aromatic heterocycles. The number of carbonyl (C=O) groups excluding carboxylic acids is 1. The van der Waals surface area contributed by atoms with Crippen molar-refractivity contribution in [2.24, 2.45) is 0 Å². The molecule has 23 heavy (non-hydrogen) atoms. The quantitative estimate of drug-likeness (QED) is 0.896. The summed E-state index contributed by atoms with van der Waals surface area (Å²) in [6, 6.07) is 7.29. The summed E-state index contributed by atoms with van der Waals surface area (Å²) in [4.78, 5) is 16.7. The number of benzene rings is 1. The van der Waals surface area contributed by atoms with Crippen molar-refractivity contribution in [2.75, 3.05) is 39.3 Å². The van der Waals surface area contributed by atoms with E-state index in [1.54, 1.807) is 0 Å². The smallest absolute Gasteiger partial charge is 0.223 e.